The molecule has 14 heavy (non-hydrogen) atoms. The van der Waals surface area contributed by atoms with E-state index in [1.54, 1.807) is 0 Å². The van der Waals surface area contributed by atoms with Gasteiger partial charge in [0.25, 0.3) is 0 Å². The Hall–Kier alpha value is -0.420. The molecule has 4 nitrogen and oxygen atoms in total. The lowest BCUT2D eigenvalue weighted by Gasteiger charge is -2.51. The van der Waals surface area contributed by atoms with E-state index < -0.39 is 24.3 Å². The number of aliphatic hydroxyl groups is 2. The summed E-state index contributed by atoms with van der Waals surface area (Å²) in [5, 5.41) is 19.6. The minimum Gasteiger partial charge on any atom is -0.390 e. The number of rotatable bonds is 0. The number of fused-ring (bicyclic) bond motifs is 1. The maximum absolute atomic E-state index is 9.88. The molecule has 0 unspecified atom stereocenters. The van der Waals surface area contributed by atoms with Crippen LogP contribution in [0.1, 0.15) is 13.3 Å². The van der Waals surface area contributed by atoms with Gasteiger partial charge in [-0.3, -0.25) is 0 Å². The van der Waals surface area contributed by atoms with E-state index in [9.17, 15) is 10.2 Å². The average molecular weight is 198 g/mol. The molecule has 3 heterocycles. The highest BCUT2D eigenvalue weighted by Gasteiger charge is 2.65. The van der Waals surface area contributed by atoms with Crippen molar-refractivity contribution in [1.82, 2.24) is 0 Å². The molecule has 0 aromatic heterocycles. The third-order valence-electron chi connectivity index (χ3n) is 3.94. The first-order valence-electron chi connectivity index (χ1n) is 4.92. The molecule has 1 saturated carbocycles. The molecule has 0 amide bonds. The summed E-state index contributed by atoms with van der Waals surface area (Å²) in [6.07, 6.45) is -1.27. The maximum atomic E-state index is 9.88. The Morgan fingerprint density at radius 1 is 1.50 bits per heavy atom. The molecule has 4 heteroatoms. The summed E-state index contributed by atoms with van der Waals surface area (Å²) in [5.74, 6) is -0.0347. The molecule has 3 aliphatic heterocycles. The maximum Gasteiger partial charge on any atom is 0.183 e. The Balaban J connectivity index is 2.09. The third kappa shape index (κ3) is 0.787. The molecule has 4 bridgehead atoms. The standard InChI is InChI=1S/C10H14O4/c1-4-5-3-6(11)10(2)7(5)8(12)13-9(4)14-10/h5-9,11-12H,1,3H2,2H3/t5-,6+,7-,8-,9+,10-/m1/s1. The van der Waals surface area contributed by atoms with Crippen molar-refractivity contribution >= 4 is 0 Å². The van der Waals surface area contributed by atoms with Crippen molar-refractivity contribution in [2.45, 2.75) is 37.6 Å². The first kappa shape index (κ1) is 8.85. The Labute approximate surface area is 82.1 Å². The van der Waals surface area contributed by atoms with Gasteiger partial charge in [-0.2, -0.15) is 0 Å². The van der Waals surface area contributed by atoms with Crippen molar-refractivity contribution in [2.24, 2.45) is 11.8 Å². The van der Waals surface area contributed by atoms with Gasteiger partial charge in [0, 0.05) is 5.92 Å². The van der Waals surface area contributed by atoms with Crippen LogP contribution in [0.15, 0.2) is 12.2 Å². The van der Waals surface area contributed by atoms with E-state index in [1.165, 1.54) is 0 Å². The van der Waals surface area contributed by atoms with E-state index >= 15 is 0 Å². The minimum atomic E-state index is -0.827. The quantitative estimate of drug-likeness (QED) is 0.538. The summed E-state index contributed by atoms with van der Waals surface area (Å²) in [7, 11) is 0. The summed E-state index contributed by atoms with van der Waals surface area (Å²) < 4.78 is 10.8. The first-order chi connectivity index (χ1) is 6.54. The molecular weight excluding hydrogens is 184 g/mol. The van der Waals surface area contributed by atoms with Crippen LogP contribution in [0.4, 0.5) is 0 Å². The zero-order valence-electron chi connectivity index (χ0n) is 8.01. The van der Waals surface area contributed by atoms with Crippen LogP contribution < -0.4 is 0 Å². The van der Waals surface area contributed by atoms with Crippen molar-refractivity contribution < 1.29 is 19.7 Å². The molecule has 0 aromatic rings. The molecule has 78 valence electrons. The number of hydrogen-bond acceptors (Lipinski definition) is 4. The van der Waals surface area contributed by atoms with Crippen molar-refractivity contribution in [1.29, 1.82) is 0 Å². The van der Waals surface area contributed by atoms with Gasteiger partial charge in [-0.25, -0.2) is 0 Å². The summed E-state index contributed by atoms with van der Waals surface area (Å²) in [4.78, 5) is 0. The minimum absolute atomic E-state index is 0.137. The van der Waals surface area contributed by atoms with Gasteiger partial charge in [-0.1, -0.05) is 6.58 Å². The lowest BCUT2D eigenvalue weighted by molar-refractivity contribution is -0.364. The van der Waals surface area contributed by atoms with Crippen LogP contribution in [-0.2, 0) is 9.47 Å². The first-order valence-corrected chi connectivity index (χ1v) is 4.92. The number of aliphatic hydroxyl groups excluding tert-OH is 2. The van der Waals surface area contributed by atoms with Gasteiger partial charge >= 0.3 is 0 Å². The largest absolute Gasteiger partial charge is 0.390 e. The highest BCUT2D eigenvalue weighted by molar-refractivity contribution is 5.23. The van der Waals surface area contributed by atoms with Crippen LogP contribution in [0, 0.1) is 11.8 Å². The van der Waals surface area contributed by atoms with Crippen LogP contribution in [0.2, 0.25) is 0 Å². The van der Waals surface area contributed by atoms with Crippen molar-refractivity contribution in [3.63, 3.8) is 0 Å². The lowest BCUT2D eigenvalue weighted by Crippen LogP contribution is -2.61. The van der Waals surface area contributed by atoms with Crippen molar-refractivity contribution in [3.05, 3.63) is 12.2 Å². The Morgan fingerprint density at radius 3 is 2.86 bits per heavy atom. The smallest absolute Gasteiger partial charge is 0.183 e. The number of hydrogen-bond donors (Lipinski definition) is 2. The average Bonchev–Trinajstić information content (AvgIpc) is 2.33. The van der Waals surface area contributed by atoms with Gasteiger partial charge in [0.2, 0.25) is 0 Å². The van der Waals surface area contributed by atoms with Crippen LogP contribution in [0.25, 0.3) is 0 Å². The topological polar surface area (TPSA) is 58.9 Å². The summed E-state index contributed by atoms with van der Waals surface area (Å²) in [6, 6.07) is 0. The fourth-order valence-corrected chi connectivity index (χ4v) is 3.07. The fourth-order valence-electron chi connectivity index (χ4n) is 3.07. The molecule has 4 rings (SSSR count). The highest BCUT2D eigenvalue weighted by Crippen LogP contribution is 2.57. The molecular formula is C10H14O4. The number of ether oxygens (including phenoxy) is 2. The van der Waals surface area contributed by atoms with Crippen LogP contribution in [-0.4, -0.2) is 34.5 Å². The van der Waals surface area contributed by atoms with Gasteiger partial charge in [0.15, 0.2) is 12.6 Å². The van der Waals surface area contributed by atoms with Crippen LogP contribution in [0.3, 0.4) is 0 Å². The molecule has 4 fully saturated rings. The van der Waals surface area contributed by atoms with Gasteiger partial charge < -0.3 is 19.7 Å². The van der Waals surface area contributed by atoms with E-state index in [4.69, 9.17) is 9.47 Å². The second-order valence-corrected chi connectivity index (χ2v) is 4.62. The summed E-state index contributed by atoms with van der Waals surface area (Å²) in [6.45, 7) is 5.74. The molecule has 4 aliphatic rings. The van der Waals surface area contributed by atoms with Crippen molar-refractivity contribution in [3.8, 4) is 0 Å². The SMILES string of the molecule is C=C1[C@H]2O[C@@H](O)[C@H]3[C@@H]1C[C@H](O)[C@@]3(C)O2. The Kier molecular flexibility index (Phi) is 1.51. The van der Waals surface area contributed by atoms with E-state index in [-0.39, 0.29) is 11.8 Å². The van der Waals surface area contributed by atoms with Gasteiger partial charge in [-0.15, -0.1) is 0 Å². The summed E-state index contributed by atoms with van der Waals surface area (Å²) in [5.41, 5.74) is 0.197. The molecule has 2 N–H and O–H groups in total. The monoisotopic (exact) mass is 198 g/mol. The van der Waals surface area contributed by atoms with Gasteiger partial charge in [0.1, 0.15) is 5.60 Å². The Morgan fingerprint density at radius 2 is 2.21 bits per heavy atom. The van der Waals surface area contributed by atoms with Crippen LogP contribution in [0.5, 0.6) is 0 Å². The molecule has 3 saturated heterocycles. The highest BCUT2D eigenvalue weighted by atomic mass is 16.8. The molecule has 0 aromatic carbocycles. The fraction of sp³-hybridized carbons (Fsp3) is 0.800. The summed E-state index contributed by atoms with van der Waals surface area (Å²) >= 11 is 0. The van der Waals surface area contributed by atoms with E-state index in [2.05, 4.69) is 6.58 Å². The van der Waals surface area contributed by atoms with Gasteiger partial charge in [0.05, 0.1) is 6.10 Å². The third-order valence-corrected chi connectivity index (χ3v) is 3.94. The second kappa shape index (κ2) is 2.39. The molecule has 0 spiro atoms. The van der Waals surface area contributed by atoms with E-state index in [0.717, 1.165) is 5.57 Å². The van der Waals surface area contributed by atoms with E-state index in [1.807, 2.05) is 6.92 Å². The lowest BCUT2D eigenvalue weighted by atomic mass is 9.77. The molecule has 0 radical (unpaired) electrons. The van der Waals surface area contributed by atoms with Crippen molar-refractivity contribution in [2.75, 3.05) is 0 Å². The zero-order valence-corrected chi connectivity index (χ0v) is 8.01. The predicted molar refractivity (Wildman–Crippen MR) is 47.1 cm³/mol. The predicted octanol–water partition coefficient (Wildman–Crippen LogP) is 0.00320. The molecule has 6 atom stereocenters. The van der Waals surface area contributed by atoms with Crippen LogP contribution >= 0.6 is 0 Å². The second-order valence-electron chi connectivity index (χ2n) is 4.62. The normalized spacial score (nSPS) is 60.8. The van der Waals surface area contributed by atoms with E-state index in [0.29, 0.717) is 6.42 Å². The van der Waals surface area contributed by atoms with Gasteiger partial charge in [-0.05, 0) is 24.8 Å². The Bertz CT molecular complexity index is 302. The molecule has 1 aliphatic carbocycles. The zero-order chi connectivity index (χ0) is 10.1.